The van der Waals surface area contributed by atoms with Gasteiger partial charge in [-0.3, -0.25) is 9.89 Å². The molecule has 0 aromatic carbocycles. The van der Waals surface area contributed by atoms with Gasteiger partial charge in [-0.1, -0.05) is 17.8 Å². The van der Waals surface area contributed by atoms with E-state index in [1.165, 1.54) is 21.6 Å². The van der Waals surface area contributed by atoms with Crippen molar-refractivity contribution in [3.63, 3.8) is 0 Å². The molecule has 1 amide bonds. The number of amides is 1. The van der Waals surface area contributed by atoms with Gasteiger partial charge in [0.2, 0.25) is 5.16 Å². The normalized spacial score (nSPS) is 16.2. The number of hydrogen-bond acceptors (Lipinski definition) is 8. The zero-order valence-corrected chi connectivity index (χ0v) is 17.4. The van der Waals surface area contributed by atoms with Gasteiger partial charge in [-0.05, 0) is 35.7 Å². The molecule has 0 bridgehead atoms. The van der Waals surface area contributed by atoms with Crippen molar-refractivity contribution in [2.24, 2.45) is 5.10 Å². The zero-order chi connectivity index (χ0) is 20.3. The molecule has 10 heteroatoms. The lowest BCUT2D eigenvalue weighted by Gasteiger charge is -2.19. The molecule has 0 radical (unpaired) electrons. The van der Waals surface area contributed by atoms with Crippen molar-refractivity contribution in [2.75, 3.05) is 5.75 Å². The van der Waals surface area contributed by atoms with Crippen LogP contribution in [0.15, 0.2) is 73.4 Å². The highest BCUT2D eigenvalue weighted by molar-refractivity contribution is 7.99. The maximum atomic E-state index is 13.0. The molecule has 5 heterocycles. The van der Waals surface area contributed by atoms with Crippen LogP contribution in [0.5, 0.6) is 0 Å². The van der Waals surface area contributed by atoms with Gasteiger partial charge in [0.15, 0.2) is 0 Å². The topological polar surface area (TPSA) is 101 Å². The molecule has 1 aliphatic rings. The fourth-order valence-corrected chi connectivity index (χ4v) is 4.61. The molecule has 1 unspecified atom stereocenters. The van der Waals surface area contributed by atoms with Crippen LogP contribution in [-0.2, 0) is 11.2 Å². The first-order valence-electron chi connectivity index (χ1n) is 9.29. The van der Waals surface area contributed by atoms with Crippen LogP contribution in [0.25, 0.3) is 0 Å². The largest absolute Gasteiger partial charge is 0.467 e. The van der Waals surface area contributed by atoms with E-state index < -0.39 is 0 Å². The van der Waals surface area contributed by atoms with Crippen molar-refractivity contribution in [2.45, 2.75) is 24.0 Å². The molecule has 0 saturated heterocycles. The second-order valence-electron chi connectivity index (χ2n) is 6.61. The number of aromatic nitrogens is 3. The van der Waals surface area contributed by atoms with Gasteiger partial charge in [-0.15, -0.1) is 16.4 Å². The Morgan fingerprint density at radius 1 is 1.23 bits per heavy atom. The SMILES string of the molecule is O=C(CSc1n[nH]c(Cc2cccs2)n1)N1N=C(c2ccco2)CC1c1ccco1. The minimum absolute atomic E-state index is 0.146. The molecular formula is C20H17N5O3S2. The number of carbonyl (C=O) groups excluding carboxylic acids is 1. The van der Waals surface area contributed by atoms with Crippen molar-refractivity contribution in [1.82, 2.24) is 20.2 Å². The van der Waals surface area contributed by atoms with Gasteiger partial charge in [-0.25, -0.2) is 9.99 Å². The van der Waals surface area contributed by atoms with E-state index in [2.05, 4.69) is 26.3 Å². The van der Waals surface area contributed by atoms with Crippen molar-refractivity contribution in [3.05, 3.63) is 76.5 Å². The Morgan fingerprint density at radius 2 is 2.13 bits per heavy atom. The molecule has 0 saturated carbocycles. The molecule has 0 spiro atoms. The molecule has 1 N–H and O–H groups in total. The monoisotopic (exact) mass is 439 g/mol. The summed E-state index contributed by atoms with van der Waals surface area (Å²) in [6, 6.07) is 11.1. The van der Waals surface area contributed by atoms with Crippen molar-refractivity contribution in [1.29, 1.82) is 0 Å². The summed E-state index contributed by atoms with van der Waals surface area (Å²) in [5.74, 6) is 2.15. The van der Waals surface area contributed by atoms with Gasteiger partial charge in [-0.2, -0.15) is 5.10 Å². The van der Waals surface area contributed by atoms with Crippen LogP contribution < -0.4 is 0 Å². The number of hydrogen-bond donors (Lipinski definition) is 1. The van der Waals surface area contributed by atoms with Gasteiger partial charge >= 0.3 is 0 Å². The van der Waals surface area contributed by atoms with E-state index in [1.54, 1.807) is 36.0 Å². The van der Waals surface area contributed by atoms with Crippen molar-refractivity contribution < 1.29 is 13.6 Å². The third kappa shape index (κ3) is 3.96. The van der Waals surface area contributed by atoms with Crippen LogP contribution in [0.2, 0.25) is 0 Å². The lowest BCUT2D eigenvalue weighted by Crippen LogP contribution is -2.28. The van der Waals surface area contributed by atoms with Crippen LogP contribution in [0.4, 0.5) is 0 Å². The predicted molar refractivity (Wildman–Crippen MR) is 112 cm³/mol. The lowest BCUT2D eigenvalue weighted by atomic mass is 10.1. The quantitative estimate of drug-likeness (QED) is 0.435. The van der Waals surface area contributed by atoms with E-state index in [-0.39, 0.29) is 17.7 Å². The molecule has 8 nitrogen and oxygen atoms in total. The number of H-pyrrole nitrogens is 1. The van der Waals surface area contributed by atoms with Crippen LogP contribution in [0.1, 0.15) is 34.7 Å². The average Bonchev–Trinajstić information content (AvgIpc) is 3.56. The molecule has 30 heavy (non-hydrogen) atoms. The third-order valence-electron chi connectivity index (χ3n) is 4.60. The van der Waals surface area contributed by atoms with Gasteiger partial charge in [0.1, 0.15) is 29.1 Å². The summed E-state index contributed by atoms with van der Waals surface area (Å²) in [7, 11) is 0. The van der Waals surface area contributed by atoms with Crippen LogP contribution in [0.3, 0.4) is 0 Å². The standard InChI is InChI=1S/C20H17N5O3S2/c26-19(12-30-20-21-18(22-23-20)10-13-4-3-9-29-13)25-15(17-6-2-8-28-17)11-14(24-25)16-5-1-7-27-16/h1-9,15H,10-12H2,(H,21,22,23). The van der Waals surface area contributed by atoms with Gasteiger partial charge in [0, 0.05) is 17.7 Å². The maximum Gasteiger partial charge on any atom is 0.253 e. The van der Waals surface area contributed by atoms with Gasteiger partial charge in [0.25, 0.3) is 5.91 Å². The molecule has 4 aromatic heterocycles. The van der Waals surface area contributed by atoms with E-state index in [9.17, 15) is 4.79 Å². The summed E-state index contributed by atoms with van der Waals surface area (Å²) in [5, 5.41) is 15.7. The minimum atomic E-state index is -0.297. The van der Waals surface area contributed by atoms with E-state index in [1.807, 2.05) is 23.6 Å². The fourth-order valence-electron chi connectivity index (χ4n) is 3.23. The van der Waals surface area contributed by atoms with Crippen LogP contribution >= 0.6 is 23.1 Å². The lowest BCUT2D eigenvalue weighted by molar-refractivity contribution is -0.130. The van der Waals surface area contributed by atoms with Gasteiger partial charge < -0.3 is 8.83 Å². The summed E-state index contributed by atoms with van der Waals surface area (Å²) < 4.78 is 11.0. The van der Waals surface area contributed by atoms with Gasteiger partial charge in [0.05, 0.1) is 18.3 Å². The number of thiophene rings is 1. The summed E-state index contributed by atoms with van der Waals surface area (Å²) >= 11 is 2.96. The minimum Gasteiger partial charge on any atom is -0.467 e. The number of aromatic amines is 1. The molecule has 0 fully saturated rings. The number of thioether (sulfide) groups is 1. The number of carbonyl (C=O) groups is 1. The zero-order valence-electron chi connectivity index (χ0n) is 15.7. The van der Waals surface area contributed by atoms with Crippen LogP contribution in [-0.4, -0.2) is 37.6 Å². The summed E-state index contributed by atoms with van der Waals surface area (Å²) in [6.45, 7) is 0. The van der Waals surface area contributed by atoms with Crippen molar-refractivity contribution >= 4 is 34.7 Å². The molecule has 4 aromatic rings. The highest BCUT2D eigenvalue weighted by Crippen LogP contribution is 2.33. The fraction of sp³-hybridized carbons (Fsp3) is 0.200. The van der Waals surface area contributed by atoms with E-state index in [0.717, 1.165) is 11.5 Å². The number of nitrogens with zero attached hydrogens (tertiary/aromatic N) is 4. The first kappa shape index (κ1) is 18.9. The Kier molecular flexibility index (Phi) is 5.24. The highest BCUT2D eigenvalue weighted by atomic mass is 32.2. The maximum absolute atomic E-state index is 13.0. The number of nitrogens with one attached hydrogen (secondary N) is 1. The smallest absolute Gasteiger partial charge is 0.253 e. The number of rotatable bonds is 7. The second-order valence-corrected chi connectivity index (χ2v) is 8.58. The van der Waals surface area contributed by atoms with E-state index in [0.29, 0.717) is 29.5 Å². The molecule has 152 valence electrons. The first-order chi connectivity index (χ1) is 14.8. The van der Waals surface area contributed by atoms with E-state index in [4.69, 9.17) is 8.83 Å². The Morgan fingerprint density at radius 3 is 2.90 bits per heavy atom. The Bertz CT molecular complexity index is 1130. The first-order valence-corrected chi connectivity index (χ1v) is 11.2. The summed E-state index contributed by atoms with van der Waals surface area (Å²) in [5.41, 5.74) is 0.718. The summed E-state index contributed by atoms with van der Waals surface area (Å²) in [4.78, 5) is 18.6. The Labute approximate surface area is 180 Å². The third-order valence-corrected chi connectivity index (χ3v) is 6.31. The predicted octanol–water partition coefficient (Wildman–Crippen LogP) is 4.11. The van der Waals surface area contributed by atoms with E-state index >= 15 is 0 Å². The molecular weight excluding hydrogens is 422 g/mol. The number of furan rings is 2. The number of hydrazone groups is 1. The molecule has 1 aliphatic heterocycles. The second kappa shape index (κ2) is 8.33. The molecule has 0 aliphatic carbocycles. The Hall–Kier alpha value is -3.11. The molecule has 5 rings (SSSR count). The summed E-state index contributed by atoms with van der Waals surface area (Å²) in [6.07, 6.45) is 4.42. The van der Waals surface area contributed by atoms with Crippen molar-refractivity contribution in [3.8, 4) is 0 Å². The highest BCUT2D eigenvalue weighted by Gasteiger charge is 2.35. The molecule has 1 atom stereocenters. The Balaban J connectivity index is 1.27. The van der Waals surface area contributed by atoms with Crippen LogP contribution in [0, 0.1) is 0 Å². The average molecular weight is 440 g/mol.